The van der Waals surface area contributed by atoms with Crippen LogP contribution in [0.15, 0.2) is 22.7 Å². The van der Waals surface area contributed by atoms with Gasteiger partial charge < -0.3 is 4.90 Å². The van der Waals surface area contributed by atoms with Crippen LogP contribution in [0.1, 0.15) is 24.1 Å². The molecule has 0 atom stereocenters. The van der Waals surface area contributed by atoms with Crippen LogP contribution in [0, 0.1) is 6.92 Å². The number of benzene rings is 1. The van der Waals surface area contributed by atoms with Gasteiger partial charge in [-0.25, -0.2) is 0 Å². The predicted octanol–water partition coefficient (Wildman–Crippen LogP) is 2.46. The number of rotatable bonds is 1. The molecule has 1 rings (SSSR count). The Balaban J connectivity index is 3.24. The first kappa shape index (κ1) is 4.60. The quantitative estimate of drug-likeness (QED) is 0.747. The Morgan fingerprint density at radius 2 is 2.23 bits per heavy atom. The summed E-state index contributed by atoms with van der Waals surface area (Å²) >= 11 is 3.25. The van der Waals surface area contributed by atoms with Gasteiger partial charge in [0.25, 0.3) is 5.91 Å². The molecule has 0 radical (unpaired) electrons. The molecule has 3 heteroatoms. The first-order chi connectivity index (χ1) is 8.44. The number of hydrogen-bond donors (Lipinski definition) is 0. The fraction of sp³-hybridized carbons (Fsp3) is 0.300. The molecule has 70 valence electrons. The van der Waals surface area contributed by atoms with E-state index in [9.17, 15) is 4.79 Å². The molecular formula is C10H12BrNO. The molecule has 2 nitrogen and oxygen atoms in total. The van der Waals surface area contributed by atoms with Crippen LogP contribution in [0.4, 0.5) is 0 Å². The molecule has 0 heterocycles. The third kappa shape index (κ3) is 2.31. The van der Waals surface area contributed by atoms with E-state index in [0.29, 0.717) is 5.56 Å². The van der Waals surface area contributed by atoms with Crippen LogP contribution in [-0.2, 0) is 0 Å². The van der Waals surface area contributed by atoms with Crippen molar-refractivity contribution >= 4 is 21.8 Å². The zero-order valence-electron chi connectivity index (χ0n) is 13.0. The molecule has 0 spiro atoms. The number of carbonyl (C=O) groups is 1. The maximum atomic E-state index is 12.1. The van der Waals surface area contributed by atoms with E-state index in [1.54, 1.807) is 13.0 Å². The highest BCUT2D eigenvalue weighted by atomic mass is 79.9. The van der Waals surface area contributed by atoms with Gasteiger partial charge >= 0.3 is 0 Å². The summed E-state index contributed by atoms with van der Waals surface area (Å²) in [5.74, 6) is -1.05. The second kappa shape index (κ2) is 3.92. The molecule has 0 fully saturated rings. The molecule has 0 saturated heterocycles. The van der Waals surface area contributed by atoms with Crippen LogP contribution in [0.2, 0.25) is 0 Å². The minimum absolute atomic E-state index is 0.0213. The first-order valence-corrected chi connectivity index (χ1v) is 4.34. The lowest BCUT2D eigenvalue weighted by atomic mass is 10.1. The highest BCUT2D eigenvalue weighted by Crippen LogP contribution is 2.17. The third-order valence-electron chi connectivity index (χ3n) is 1.61. The lowest BCUT2D eigenvalue weighted by molar-refractivity contribution is 0.0827. The van der Waals surface area contributed by atoms with Gasteiger partial charge in [0, 0.05) is 32.2 Å². The van der Waals surface area contributed by atoms with E-state index in [0.717, 1.165) is 4.47 Å². The molecule has 13 heavy (non-hydrogen) atoms. The average molecular weight is 248 g/mol. The Morgan fingerprint density at radius 1 is 1.54 bits per heavy atom. The van der Waals surface area contributed by atoms with Gasteiger partial charge in [-0.1, -0.05) is 15.9 Å². The Labute approximate surface area is 95.1 Å². The lowest BCUT2D eigenvalue weighted by Gasteiger charge is -2.10. The Bertz CT molecular complexity index is 482. The van der Waals surface area contributed by atoms with Crippen molar-refractivity contribution in [3.63, 3.8) is 0 Å². The minimum atomic E-state index is -3.02. The Hall–Kier alpha value is -0.830. The summed E-state index contributed by atoms with van der Waals surface area (Å²) in [6, 6.07) is 4.39. The largest absolute Gasteiger partial charge is 0.345 e. The summed E-state index contributed by atoms with van der Waals surface area (Å²) in [7, 11) is 0. The molecule has 0 aliphatic rings. The highest BCUT2D eigenvalue weighted by Gasteiger charge is 2.08. The van der Waals surface area contributed by atoms with Crippen LogP contribution in [0.5, 0.6) is 0 Å². The van der Waals surface area contributed by atoms with E-state index in [-0.39, 0.29) is 10.5 Å². The molecule has 1 aromatic carbocycles. The van der Waals surface area contributed by atoms with Gasteiger partial charge in [0.05, 0.1) is 0 Å². The van der Waals surface area contributed by atoms with Crippen molar-refractivity contribution in [2.24, 2.45) is 0 Å². The maximum Gasteiger partial charge on any atom is 0.253 e. The number of halogens is 1. The lowest BCUT2D eigenvalue weighted by Crippen LogP contribution is -2.21. The monoisotopic (exact) mass is 247 g/mol. The van der Waals surface area contributed by atoms with Crippen LogP contribution < -0.4 is 0 Å². The van der Waals surface area contributed by atoms with Crippen molar-refractivity contribution in [3.8, 4) is 0 Å². The molecule has 1 aromatic rings. The van der Waals surface area contributed by atoms with Crippen molar-refractivity contribution < 1.29 is 13.0 Å². The smallest absolute Gasteiger partial charge is 0.253 e. The zero-order valence-corrected chi connectivity index (χ0v) is 8.55. The van der Waals surface area contributed by atoms with E-state index in [2.05, 4.69) is 15.9 Å². The van der Waals surface area contributed by atoms with E-state index >= 15 is 0 Å². The summed E-state index contributed by atoms with van der Waals surface area (Å²) in [6.07, 6.45) is 0. The molecule has 0 N–H and O–H groups in total. The van der Waals surface area contributed by atoms with Crippen LogP contribution in [0.25, 0.3) is 0 Å². The zero-order chi connectivity index (χ0) is 15.0. The Morgan fingerprint density at radius 3 is 2.77 bits per heavy atom. The molecule has 0 aliphatic carbocycles. The second-order valence-corrected chi connectivity index (χ2v) is 3.46. The van der Waals surface area contributed by atoms with Crippen molar-refractivity contribution in [1.82, 2.24) is 4.90 Å². The first-order valence-electron chi connectivity index (χ1n) is 6.55. The van der Waals surface area contributed by atoms with Gasteiger partial charge in [-0.2, -0.15) is 0 Å². The molecule has 0 bridgehead atoms. The highest BCUT2D eigenvalue weighted by molar-refractivity contribution is 9.10. The van der Waals surface area contributed by atoms with E-state index in [1.165, 1.54) is 12.1 Å². The van der Waals surface area contributed by atoms with E-state index in [1.807, 2.05) is 0 Å². The van der Waals surface area contributed by atoms with Gasteiger partial charge in [0.15, 0.2) is 0 Å². The summed E-state index contributed by atoms with van der Waals surface area (Å²) in [6.45, 7) is -4.33. The van der Waals surface area contributed by atoms with Gasteiger partial charge in [-0.05, 0) is 30.7 Å². The number of carbonyl (C=O) groups excluding carboxylic acids is 1. The van der Waals surface area contributed by atoms with Crippen LogP contribution >= 0.6 is 15.9 Å². The van der Waals surface area contributed by atoms with E-state index < -0.39 is 19.9 Å². The number of nitrogens with zero attached hydrogens (tertiary/aromatic N) is 1. The molecule has 0 saturated carbocycles. The topological polar surface area (TPSA) is 20.3 Å². The predicted molar refractivity (Wildman–Crippen MR) is 56.9 cm³/mol. The minimum Gasteiger partial charge on any atom is -0.345 e. The van der Waals surface area contributed by atoms with Crippen LogP contribution in [0.3, 0.4) is 0 Å². The molecule has 0 aromatic heterocycles. The van der Waals surface area contributed by atoms with Crippen LogP contribution in [-0.4, -0.2) is 24.8 Å². The van der Waals surface area contributed by atoms with Gasteiger partial charge in [-0.3, -0.25) is 4.79 Å². The van der Waals surface area contributed by atoms with E-state index in [4.69, 9.17) is 8.22 Å². The molecule has 0 aliphatic heterocycles. The summed E-state index contributed by atoms with van der Waals surface area (Å²) in [5.41, 5.74) is 0.731. The fourth-order valence-corrected chi connectivity index (χ4v) is 1.15. The Kier molecular flexibility index (Phi) is 1.39. The maximum absolute atomic E-state index is 12.1. The van der Waals surface area contributed by atoms with Gasteiger partial charge in [0.2, 0.25) is 0 Å². The molecule has 0 unspecified atom stereocenters. The summed E-state index contributed by atoms with van der Waals surface area (Å²) < 4.78 is 43.9. The molecule has 1 amide bonds. The third-order valence-corrected chi connectivity index (χ3v) is 2.50. The summed E-state index contributed by atoms with van der Waals surface area (Å²) in [5, 5.41) is 0. The standard InChI is InChI=1S/C10H12BrNO/c1-7-6-8(4-5-9(7)11)10(13)12(2)3/h4-6H,1-3H3/i2D3,3D3. The number of hydrogen-bond acceptors (Lipinski definition) is 1. The van der Waals surface area contributed by atoms with Crippen molar-refractivity contribution in [2.75, 3.05) is 14.0 Å². The van der Waals surface area contributed by atoms with Gasteiger partial charge in [-0.15, -0.1) is 0 Å². The average Bonchev–Trinajstić information content (AvgIpc) is 2.17. The molecular weight excluding hydrogens is 230 g/mol. The SMILES string of the molecule is [2H]C([2H])([2H])N(C(=O)c1ccc(Br)c(C)c1)C([2H])([2H])[2H]. The normalized spacial score (nSPS) is 18.6. The second-order valence-electron chi connectivity index (χ2n) is 2.60. The number of amides is 1. The fourth-order valence-electron chi connectivity index (χ4n) is 0.907. The van der Waals surface area contributed by atoms with Crippen molar-refractivity contribution in [2.45, 2.75) is 6.92 Å². The van der Waals surface area contributed by atoms with Gasteiger partial charge in [0.1, 0.15) is 0 Å². The number of aryl methyl sites for hydroxylation is 1. The van der Waals surface area contributed by atoms with Crippen molar-refractivity contribution in [1.29, 1.82) is 0 Å². The van der Waals surface area contributed by atoms with Crippen molar-refractivity contribution in [3.05, 3.63) is 33.8 Å². The summed E-state index contributed by atoms with van der Waals surface area (Å²) in [4.78, 5) is 12.0.